The molecule has 1 aliphatic rings. The Bertz CT molecular complexity index is 324. The van der Waals surface area contributed by atoms with E-state index in [-0.39, 0.29) is 31.0 Å². The van der Waals surface area contributed by atoms with Gasteiger partial charge in [0, 0.05) is 19.7 Å². The summed E-state index contributed by atoms with van der Waals surface area (Å²) in [4.78, 5) is 24.6. The molecule has 1 aliphatic heterocycles. The first kappa shape index (κ1) is 16.9. The number of hydrogen-bond donors (Lipinski definition) is 2. The second kappa shape index (κ2) is 8.89. The van der Waals surface area contributed by atoms with Crippen molar-refractivity contribution in [1.82, 2.24) is 10.2 Å². The smallest absolute Gasteiger partial charge is 0.323 e. The zero-order chi connectivity index (χ0) is 15.0. The van der Waals surface area contributed by atoms with Crippen LogP contribution in [0.5, 0.6) is 0 Å². The van der Waals surface area contributed by atoms with Gasteiger partial charge in [-0.3, -0.25) is 9.59 Å². The third kappa shape index (κ3) is 5.07. The molecule has 2 N–H and O–H groups in total. The maximum atomic E-state index is 12.4. The molecule has 2 atom stereocenters. The average Bonchev–Trinajstić information content (AvgIpc) is 2.88. The van der Waals surface area contributed by atoms with Crippen LogP contribution in [0.15, 0.2) is 0 Å². The summed E-state index contributed by atoms with van der Waals surface area (Å²) in [6, 6.07) is -0.0405. The summed E-state index contributed by atoms with van der Waals surface area (Å²) in [5.74, 6) is -1.53. The maximum absolute atomic E-state index is 12.4. The Kier molecular flexibility index (Phi) is 7.50. The summed E-state index contributed by atoms with van der Waals surface area (Å²) in [5, 5.41) is 12.2. The molecule has 0 aromatic rings. The van der Waals surface area contributed by atoms with Gasteiger partial charge in [0.2, 0.25) is 5.91 Å². The van der Waals surface area contributed by atoms with Crippen molar-refractivity contribution in [2.24, 2.45) is 5.92 Å². The summed E-state index contributed by atoms with van der Waals surface area (Å²) >= 11 is 0. The van der Waals surface area contributed by atoms with E-state index in [4.69, 9.17) is 14.6 Å². The van der Waals surface area contributed by atoms with Gasteiger partial charge in [-0.25, -0.2) is 0 Å². The summed E-state index contributed by atoms with van der Waals surface area (Å²) in [6.45, 7) is 3.98. The van der Waals surface area contributed by atoms with E-state index in [9.17, 15) is 9.59 Å². The van der Waals surface area contributed by atoms with Crippen molar-refractivity contribution in [2.75, 3.05) is 46.6 Å². The lowest BCUT2D eigenvalue weighted by molar-refractivity contribution is -0.147. The number of aliphatic carboxylic acids is 1. The van der Waals surface area contributed by atoms with E-state index >= 15 is 0 Å². The number of amides is 1. The van der Waals surface area contributed by atoms with E-state index in [2.05, 4.69) is 12.2 Å². The largest absolute Gasteiger partial charge is 0.480 e. The number of methoxy groups -OCH3 is 1. The molecule has 20 heavy (non-hydrogen) atoms. The summed E-state index contributed by atoms with van der Waals surface area (Å²) < 4.78 is 10.3. The Hall–Kier alpha value is -1.18. The van der Waals surface area contributed by atoms with Crippen LogP contribution in [0, 0.1) is 5.92 Å². The second-order valence-corrected chi connectivity index (χ2v) is 4.85. The number of nitrogens with one attached hydrogen (secondary N) is 1. The summed E-state index contributed by atoms with van der Waals surface area (Å²) in [6.07, 6.45) is 0.972. The van der Waals surface area contributed by atoms with Gasteiger partial charge in [0.05, 0.1) is 25.7 Å². The SMILES string of the molecule is CCCNC1COCC1C(=O)N(CCOC)CC(=O)O. The minimum absolute atomic E-state index is 0.0405. The van der Waals surface area contributed by atoms with Crippen LogP contribution < -0.4 is 5.32 Å². The maximum Gasteiger partial charge on any atom is 0.323 e. The van der Waals surface area contributed by atoms with Gasteiger partial charge in [-0.05, 0) is 13.0 Å². The molecule has 7 nitrogen and oxygen atoms in total. The lowest BCUT2D eigenvalue weighted by atomic mass is 10.0. The standard InChI is InChI=1S/C13H24N2O5/c1-3-4-14-11-9-20-8-10(11)13(18)15(5-6-19-2)7-12(16)17/h10-11,14H,3-9H2,1-2H3,(H,16,17). The van der Waals surface area contributed by atoms with Crippen LogP contribution in [0.3, 0.4) is 0 Å². The zero-order valence-electron chi connectivity index (χ0n) is 12.1. The third-order valence-electron chi connectivity index (χ3n) is 3.26. The Balaban J connectivity index is 2.63. The van der Waals surface area contributed by atoms with E-state index in [1.165, 1.54) is 12.0 Å². The molecule has 7 heteroatoms. The monoisotopic (exact) mass is 288 g/mol. The van der Waals surface area contributed by atoms with Gasteiger partial charge in [-0.2, -0.15) is 0 Å². The number of carboxylic acids is 1. The summed E-state index contributed by atoms with van der Waals surface area (Å²) in [5.41, 5.74) is 0. The van der Waals surface area contributed by atoms with Gasteiger partial charge in [-0.1, -0.05) is 6.92 Å². The highest BCUT2D eigenvalue weighted by molar-refractivity contribution is 5.84. The average molecular weight is 288 g/mol. The first-order valence-corrected chi connectivity index (χ1v) is 6.90. The minimum Gasteiger partial charge on any atom is -0.480 e. The van der Waals surface area contributed by atoms with Crippen LogP contribution in [0.25, 0.3) is 0 Å². The highest BCUT2D eigenvalue weighted by atomic mass is 16.5. The molecular weight excluding hydrogens is 264 g/mol. The van der Waals surface area contributed by atoms with Crippen molar-refractivity contribution in [1.29, 1.82) is 0 Å². The molecule has 0 spiro atoms. The van der Waals surface area contributed by atoms with E-state index in [0.717, 1.165) is 13.0 Å². The molecule has 0 aliphatic carbocycles. The zero-order valence-corrected chi connectivity index (χ0v) is 12.1. The molecule has 2 unspecified atom stereocenters. The minimum atomic E-state index is -1.02. The molecule has 1 amide bonds. The van der Waals surface area contributed by atoms with Crippen molar-refractivity contribution in [3.05, 3.63) is 0 Å². The van der Waals surface area contributed by atoms with Crippen molar-refractivity contribution in [3.63, 3.8) is 0 Å². The number of nitrogens with zero attached hydrogens (tertiary/aromatic N) is 1. The molecule has 0 bridgehead atoms. The predicted octanol–water partition coefficient (Wildman–Crippen LogP) is -0.439. The summed E-state index contributed by atoms with van der Waals surface area (Å²) in [7, 11) is 1.52. The Morgan fingerprint density at radius 3 is 2.80 bits per heavy atom. The van der Waals surface area contributed by atoms with E-state index in [1.54, 1.807) is 0 Å². The number of carbonyl (C=O) groups is 2. The number of ether oxygens (including phenoxy) is 2. The van der Waals surface area contributed by atoms with Gasteiger partial charge < -0.3 is 24.8 Å². The van der Waals surface area contributed by atoms with Crippen molar-refractivity contribution >= 4 is 11.9 Å². The molecule has 1 fully saturated rings. The second-order valence-electron chi connectivity index (χ2n) is 4.85. The molecule has 1 heterocycles. The Labute approximate surface area is 119 Å². The molecule has 0 saturated carbocycles. The molecule has 116 valence electrons. The van der Waals surface area contributed by atoms with Crippen molar-refractivity contribution < 1.29 is 24.2 Å². The van der Waals surface area contributed by atoms with Crippen molar-refractivity contribution in [3.8, 4) is 0 Å². The normalized spacial score (nSPS) is 21.9. The highest BCUT2D eigenvalue weighted by Gasteiger charge is 2.36. The topological polar surface area (TPSA) is 88.1 Å². The molecule has 0 aromatic carbocycles. The molecular formula is C13H24N2O5. The predicted molar refractivity (Wildman–Crippen MR) is 72.5 cm³/mol. The van der Waals surface area contributed by atoms with Crippen LogP contribution in [0.4, 0.5) is 0 Å². The van der Waals surface area contributed by atoms with Gasteiger partial charge in [0.15, 0.2) is 0 Å². The van der Waals surface area contributed by atoms with E-state index in [0.29, 0.717) is 19.8 Å². The van der Waals surface area contributed by atoms with Crippen LogP contribution in [-0.4, -0.2) is 74.5 Å². The lowest BCUT2D eigenvalue weighted by Crippen LogP contribution is -2.48. The third-order valence-corrected chi connectivity index (χ3v) is 3.26. The van der Waals surface area contributed by atoms with Crippen LogP contribution in [-0.2, 0) is 19.1 Å². The Morgan fingerprint density at radius 2 is 2.20 bits per heavy atom. The quantitative estimate of drug-likeness (QED) is 0.598. The van der Waals surface area contributed by atoms with E-state index in [1.807, 2.05) is 0 Å². The van der Waals surface area contributed by atoms with Gasteiger partial charge >= 0.3 is 5.97 Å². The Morgan fingerprint density at radius 1 is 1.45 bits per heavy atom. The fourth-order valence-electron chi connectivity index (χ4n) is 2.20. The van der Waals surface area contributed by atoms with Crippen LogP contribution in [0.2, 0.25) is 0 Å². The fraction of sp³-hybridized carbons (Fsp3) is 0.846. The molecule has 0 radical (unpaired) electrons. The van der Waals surface area contributed by atoms with E-state index < -0.39 is 5.97 Å². The molecule has 0 aromatic heterocycles. The first-order chi connectivity index (χ1) is 9.60. The van der Waals surface area contributed by atoms with Gasteiger partial charge in [0.1, 0.15) is 6.54 Å². The number of carbonyl (C=O) groups excluding carboxylic acids is 1. The van der Waals surface area contributed by atoms with Crippen molar-refractivity contribution in [2.45, 2.75) is 19.4 Å². The van der Waals surface area contributed by atoms with Crippen LogP contribution >= 0.6 is 0 Å². The van der Waals surface area contributed by atoms with Crippen LogP contribution in [0.1, 0.15) is 13.3 Å². The number of carboxylic acid groups (broad SMARTS) is 1. The highest BCUT2D eigenvalue weighted by Crippen LogP contribution is 2.17. The molecule has 1 rings (SSSR count). The number of rotatable bonds is 9. The first-order valence-electron chi connectivity index (χ1n) is 6.90. The molecule has 1 saturated heterocycles. The number of hydrogen-bond acceptors (Lipinski definition) is 5. The van der Waals surface area contributed by atoms with Gasteiger partial charge in [-0.15, -0.1) is 0 Å². The van der Waals surface area contributed by atoms with Gasteiger partial charge in [0.25, 0.3) is 0 Å². The lowest BCUT2D eigenvalue weighted by Gasteiger charge is -2.26. The fourth-order valence-corrected chi connectivity index (χ4v) is 2.20.